The number of benzene rings is 2. The van der Waals surface area contributed by atoms with E-state index >= 15 is 0 Å². The van der Waals surface area contributed by atoms with Gasteiger partial charge in [-0.3, -0.25) is 9.48 Å². The molecule has 1 aromatic heterocycles. The van der Waals surface area contributed by atoms with E-state index in [0.29, 0.717) is 18.8 Å². The van der Waals surface area contributed by atoms with E-state index < -0.39 is 5.60 Å². The largest absolute Gasteiger partial charge is 0.390 e. The maximum Gasteiger partial charge on any atom is 0.244 e. The second kappa shape index (κ2) is 11.0. The van der Waals surface area contributed by atoms with Gasteiger partial charge in [0.25, 0.3) is 0 Å². The van der Waals surface area contributed by atoms with Crippen molar-refractivity contribution in [3.63, 3.8) is 0 Å². The van der Waals surface area contributed by atoms with Crippen LogP contribution in [-0.2, 0) is 11.3 Å². The van der Waals surface area contributed by atoms with Gasteiger partial charge >= 0.3 is 0 Å². The van der Waals surface area contributed by atoms with Crippen LogP contribution in [0.3, 0.4) is 0 Å². The standard InChI is InChI=1S/C25H29N3O2S/c1-25(2,30)19-31-16-15-26-23(29)14-13-22-18-28(17-20-9-5-3-6-10-20)27-24(22)21-11-7-4-8-12-21/h3-14,18,30H,15-17,19H2,1-2H3,(H,26,29)/b14-13+. The summed E-state index contributed by atoms with van der Waals surface area (Å²) in [5.41, 5.74) is 3.23. The number of amides is 1. The molecule has 0 aliphatic rings. The van der Waals surface area contributed by atoms with Crippen molar-refractivity contribution in [2.75, 3.05) is 18.1 Å². The van der Waals surface area contributed by atoms with Gasteiger partial charge < -0.3 is 10.4 Å². The van der Waals surface area contributed by atoms with Gasteiger partial charge in [-0.25, -0.2) is 0 Å². The highest BCUT2D eigenvalue weighted by atomic mass is 32.2. The number of thioether (sulfide) groups is 1. The van der Waals surface area contributed by atoms with Crippen LogP contribution in [0.4, 0.5) is 0 Å². The average Bonchev–Trinajstić information content (AvgIpc) is 3.15. The van der Waals surface area contributed by atoms with E-state index in [0.717, 1.165) is 22.6 Å². The van der Waals surface area contributed by atoms with Crippen LogP contribution in [-0.4, -0.2) is 44.4 Å². The number of aliphatic hydroxyl groups is 1. The molecule has 0 fully saturated rings. The first-order valence-corrected chi connectivity index (χ1v) is 11.5. The van der Waals surface area contributed by atoms with Gasteiger partial charge in [-0.2, -0.15) is 16.9 Å². The van der Waals surface area contributed by atoms with Crippen LogP contribution in [0.25, 0.3) is 17.3 Å². The average molecular weight is 436 g/mol. The van der Waals surface area contributed by atoms with Gasteiger partial charge in [0.1, 0.15) is 0 Å². The van der Waals surface area contributed by atoms with Crippen molar-refractivity contribution in [1.82, 2.24) is 15.1 Å². The molecule has 0 radical (unpaired) electrons. The lowest BCUT2D eigenvalue weighted by Gasteiger charge is -2.15. The first-order valence-electron chi connectivity index (χ1n) is 10.3. The molecule has 0 aliphatic heterocycles. The quantitative estimate of drug-likeness (QED) is 0.369. The molecule has 6 heteroatoms. The Labute approximate surface area is 188 Å². The minimum atomic E-state index is -0.692. The van der Waals surface area contributed by atoms with E-state index in [4.69, 9.17) is 5.10 Å². The van der Waals surface area contributed by atoms with Crippen molar-refractivity contribution in [3.8, 4) is 11.3 Å². The number of hydrogen-bond acceptors (Lipinski definition) is 4. The maximum atomic E-state index is 12.2. The minimum Gasteiger partial charge on any atom is -0.390 e. The fraction of sp³-hybridized carbons (Fsp3) is 0.280. The predicted molar refractivity (Wildman–Crippen MR) is 129 cm³/mol. The van der Waals surface area contributed by atoms with Gasteiger partial charge in [0.05, 0.1) is 17.8 Å². The Balaban J connectivity index is 1.66. The van der Waals surface area contributed by atoms with Crippen LogP contribution in [0, 0.1) is 0 Å². The van der Waals surface area contributed by atoms with Crippen molar-refractivity contribution < 1.29 is 9.90 Å². The number of carbonyl (C=O) groups is 1. The SMILES string of the molecule is CC(C)(O)CSCCNC(=O)/C=C/c1cn(Cc2ccccc2)nc1-c1ccccc1. The molecule has 0 spiro atoms. The second-order valence-corrected chi connectivity index (χ2v) is 9.08. The van der Waals surface area contributed by atoms with Crippen LogP contribution >= 0.6 is 11.8 Å². The van der Waals surface area contributed by atoms with Crippen LogP contribution < -0.4 is 5.32 Å². The van der Waals surface area contributed by atoms with E-state index in [1.165, 1.54) is 5.56 Å². The summed E-state index contributed by atoms with van der Waals surface area (Å²) in [7, 11) is 0. The van der Waals surface area contributed by atoms with Gasteiger partial charge in [0.2, 0.25) is 5.91 Å². The molecule has 1 amide bonds. The summed E-state index contributed by atoms with van der Waals surface area (Å²) < 4.78 is 1.91. The van der Waals surface area contributed by atoms with E-state index in [1.807, 2.05) is 65.5 Å². The summed E-state index contributed by atoms with van der Waals surface area (Å²) in [6, 6.07) is 20.2. The molecule has 2 N–H and O–H groups in total. The normalized spacial score (nSPS) is 11.7. The van der Waals surface area contributed by atoms with Crippen molar-refractivity contribution in [1.29, 1.82) is 0 Å². The van der Waals surface area contributed by atoms with Crippen molar-refractivity contribution in [2.45, 2.75) is 26.0 Å². The molecule has 162 valence electrons. The molecule has 3 aromatic rings. The van der Waals surface area contributed by atoms with Crippen molar-refractivity contribution in [3.05, 3.63) is 84.1 Å². The number of rotatable bonds is 10. The Morgan fingerprint density at radius 3 is 2.48 bits per heavy atom. The van der Waals surface area contributed by atoms with Gasteiger partial charge in [0.15, 0.2) is 0 Å². The zero-order chi connectivity index (χ0) is 22.1. The van der Waals surface area contributed by atoms with Crippen LogP contribution in [0.5, 0.6) is 0 Å². The lowest BCUT2D eigenvalue weighted by Crippen LogP contribution is -2.26. The number of aromatic nitrogens is 2. The smallest absolute Gasteiger partial charge is 0.244 e. The molecule has 2 aromatic carbocycles. The molecule has 0 atom stereocenters. The Morgan fingerprint density at radius 2 is 1.81 bits per heavy atom. The second-order valence-electron chi connectivity index (χ2n) is 7.97. The lowest BCUT2D eigenvalue weighted by molar-refractivity contribution is -0.116. The van der Waals surface area contributed by atoms with E-state index in [-0.39, 0.29) is 5.91 Å². The molecule has 0 aliphatic carbocycles. The summed E-state index contributed by atoms with van der Waals surface area (Å²) in [4.78, 5) is 12.2. The van der Waals surface area contributed by atoms with Gasteiger partial charge in [-0.05, 0) is 25.5 Å². The topological polar surface area (TPSA) is 67.2 Å². The molecule has 5 nitrogen and oxygen atoms in total. The van der Waals surface area contributed by atoms with Gasteiger partial charge in [0, 0.05) is 41.5 Å². The van der Waals surface area contributed by atoms with Crippen molar-refractivity contribution in [2.24, 2.45) is 0 Å². The molecule has 31 heavy (non-hydrogen) atoms. The molecule has 1 heterocycles. The Hall–Kier alpha value is -2.83. The fourth-order valence-electron chi connectivity index (χ4n) is 3.02. The Bertz CT molecular complexity index is 993. The molecule has 0 unspecified atom stereocenters. The molecular weight excluding hydrogens is 406 g/mol. The highest BCUT2D eigenvalue weighted by molar-refractivity contribution is 7.99. The Kier molecular flexibility index (Phi) is 8.09. The third-order valence-corrected chi connectivity index (χ3v) is 5.84. The number of hydrogen-bond donors (Lipinski definition) is 2. The number of carbonyl (C=O) groups excluding carboxylic acids is 1. The first-order chi connectivity index (χ1) is 14.9. The zero-order valence-electron chi connectivity index (χ0n) is 18.0. The summed E-state index contributed by atoms with van der Waals surface area (Å²) in [6.07, 6.45) is 5.34. The van der Waals surface area contributed by atoms with E-state index in [1.54, 1.807) is 31.7 Å². The third kappa shape index (κ3) is 7.74. The van der Waals surface area contributed by atoms with E-state index in [2.05, 4.69) is 17.4 Å². The molecule has 0 saturated carbocycles. The minimum absolute atomic E-state index is 0.140. The van der Waals surface area contributed by atoms with Crippen LogP contribution in [0.2, 0.25) is 0 Å². The summed E-state index contributed by atoms with van der Waals surface area (Å²) in [5, 5.41) is 17.4. The molecule has 0 saturated heterocycles. The third-order valence-electron chi connectivity index (χ3n) is 4.44. The van der Waals surface area contributed by atoms with Crippen LogP contribution in [0.15, 0.2) is 72.9 Å². The summed E-state index contributed by atoms with van der Waals surface area (Å²) in [5.74, 6) is 1.26. The highest BCUT2D eigenvalue weighted by Gasteiger charge is 2.12. The van der Waals surface area contributed by atoms with Crippen molar-refractivity contribution >= 4 is 23.7 Å². The molecule has 3 rings (SSSR count). The first kappa shape index (κ1) is 22.8. The Morgan fingerprint density at radius 1 is 1.13 bits per heavy atom. The molecule has 0 bridgehead atoms. The number of nitrogens with zero attached hydrogens (tertiary/aromatic N) is 2. The van der Waals surface area contributed by atoms with E-state index in [9.17, 15) is 9.90 Å². The monoisotopic (exact) mass is 435 g/mol. The fourth-order valence-corrected chi connectivity index (χ4v) is 3.91. The van der Waals surface area contributed by atoms with Crippen LogP contribution in [0.1, 0.15) is 25.0 Å². The summed E-state index contributed by atoms with van der Waals surface area (Å²) in [6.45, 7) is 4.79. The predicted octanol–water partition coefficient (Wildman–Crippen LogP) is 4.23. The van der Waals surface area contributed by atoms with Gasteiger partial charge in [-0.1, -0.05) is 60.7 Å². The van der Waals surface area contributed by atoms with Gasteiger partial charge in [-0.15, -0.1) is 0 Å². The highest BCUT2D eigenvalue weighted by Crippen LogP contribution is 2.23. The lowest BCUT2D eigenvalue weighted by atomic mass is 10.1. The maximum absolute atomic E-state index is 12.2. The summed E-state index contributed by atoms with van der Waals surface area (Å²) >= 11 is 1.62. The zero-order valence-corrected chi connectivity index (χ0v) is 18.8. The number of nitrogens with one attached hydrogen (secondary N) is 1. The molecular formula is C25H29N3O2S.